The number of hydrogen-bond donors (Lipinski definition) is 0. The van der Waals surface area contributed by atoms with Crippen LogP contribution in [-0.2, 0) is 12.8 Å². The van der Waals surface area contributed by atoms with Crippen LogP contribution >= 0.6 is 11.6 Å². The van der Waals surface area contributed by atoms with E-state index in [4.69, 9.17) is 11.6 Å². The van der Waals surface area contributed by atoms with Crippen LogP contribution in [0.2, 0.25) is 5.02 Å². The van der Waals surface area contributed by atoms with Gasteiger partial charge in [-0.25, -0.2) is 0 Å². The number of rotatable bonds is 12. The monoisotopic (exact) mass is 692 g/mol. The van der Waals surface area contributed by atoms with Gasteiger partial charge in [0, 0.05) is 22.7 Å². The fourth-order valence-electron chi connectivity index (χ4n) is 7.85. The molecule has 5 aromatic rings. The maximum Gasteiger partial charge on any atom is 0.141 e. The standard InChI is InChI=1S/C39H51B10ClN2/c1-4-6-8-21-10-14-23(15-11-21)51(24-16-12-22(13-17-24)9-7-5-2)25-18-20(3)19-26(37(25)50)52(38-33(46)29(42)27(40)30(43)34(38)47)39-35(48)31(44)28(41)32(45)36(39)49/h10-19H,4-9,40-49H2,1-3H3. The van der Waals surface area contributed by atoms with E-state index in [0.29, 0.717) is 0 Å². The largest absolute Gasteiger partial charge is 0.311 e. The molecule has 0 unspecified atom stereocenters. The molecule has 13 heteroatoms. The fraction of sp³-hybridized carbons (Fsp3) is 0.231. The summed E-state index contributed by atoms with van der Waals surface area (Å²) in [5, 5.41) is 0.736. The van der Waals surface area contributed by atoms with E-state index in [-0.39, 0.29) is 0 Å². The van der Waals surface area contributed by atoms with E-state index >= 15 is 0 Å². The average molecular weight is 691 g/mol. The maximum atomic E-state index is 7.92. The maximum absolute atomic E-state index is 7.92. The topological polar surface area (TPSA) is 6.48 Å². The minimum atomic E-state index is 0.736. The molecule has 0 saturated heterocycles. The second-order valence-electron chi connectivity index (χ2n) is 15.3. The molecule has 0 aliphatic heterocycles. The van der Waals surface area contributed by atoms with Gasteiger partial charge in [-0.2, -0.15) is 0 Å². The van der Waals surface area contributed by atoms with Crippen LogP contribution in [0.3, 0.4) is 0 Å². The van der Waals surface area contributed by atoms with Crippen LogP contribution in [0.25, 0.3) is 0 Å². The van der Waals surface area contributed by atoms with Crippen LogP contribution in [0.15, 0.2) is 60.7 Å². The van der Waals surface area contributed by atoms with E-state index in [0.717, 1.165) is 46.2 Å². The smallest absolute Gasteiger partial charge is 0.141 e. The Morgan fingerprint density at radius 1 is 0.462 bits per heavy atom. The summed E-state index contributed by atoms with van der Waals surface area (Å²) in [7, 11) is 22.7. The second-order valence-corrected chi connectivity index (χ2v) is 15.7. The molecule has 5 aromatic carbocycles. The molecule has 5 rings (SSSR count). The lowest BCUT2D eigenvalue weighted by Crippen LogP contribution is -2.59. The van der Waals surface area contributed by atoms with Gasteiger partial charge in [0.1, 0.15) is 78.5 Å². The van der Waals surface area contributed by atoms with Crippen molar-refractivity contribution in [1.29, 1.82) is 0 Å². The van der Waals surface area contributed by atoms with Gasteiger partial charge in [0.25, 0.3) is 0 Å². The Morgan fingerprint density at radius 2 is 0.769 bits per heavy atom. The lowest BCUT2D eigenvalue weighted by molar-refractivity contribution is 0.795. The molecule has 0 aromatic heterocycles. The molecule has 0 N–H and O–H groups in total. The van der Waals surface area contributed by atoms with Crippen LogP contribution in [-0.4, -0.2) is 78.5 Å². The molecule has 0 bridgehead atoms. The minimum absolute atomic E-state index is 0.736. The summed E-state index contributed by atoms with van der Waals surface area (Å²) in [5.74, 6) is 0. The molecule has 2 nitrogen and oxygen atoms in total. The third-order valence-electron chi connectivity index (χ3n) is 12.1. The van der Waals surface area contributed by atoms with Crippen LogP contribution in [0.4, 0.5) is 34.1 Å². The molecular weight excluding hydrogens is 640 g/mol. The highest BCUT2D eigenvalue weighted by Gasteiger charge is 2.28. The quantitative estimate of drug-likeness (QED) is 0.121. The Bertz CT molecular complexity index is 1920. The Balaban J connectivity index is 1.85. The van der Waals surface area contributed by atoms with Gasteiger partial charge >= 0.3 is 0 Å². The summed E-state index contributed by atoms with van der Waals surface area (Å²) in [5.41, 5.74) is 23.7. The molecule has 0 radical (unpaired) electrons. The number of anilines is 6. The van der Waals surface area contributed by atoms with Crippen LogP contribution in [0.1, 0.15) is 56.2 Å². The van der Waals surface area contributed by atoms with Gasteiger partial charge in [-0.3, -0.25) is 0 Å². The zero-order chi connectivity index (χ0) is 38.0. The Kier molecular flexibility index (Phi) is 12.8. The third-order valence-corrected chi connectivity index (χ3v) is 12.4. The molecule has 0 fully saturated rings. The summed E-state index contributed by atoms with van der Waals surface area (Å²) in [4.78, 5) is 4.87. The van der Waals surface area contributed by atoms with Gasteiger partial charge < -0.3 is 9.80 Å². The molecule has 254 valence electrons. The van der Waals surface area contributed by atoms with Gasteiger partial charge in [0.15, 0.2) is 0 Å². The number of nitrogens with zero attached hydrogens (tertiary/aromatic N) is 2. The SMILES string of the molecule is Bc1c(B)c(B)c(N(c2cc(C)cc(N(c3ccc(CCCC)cc3)c3ccc(CCCC)cc3)c2Cl)c2c(B)c(B)c(B)c(B)c2B)c(B)c1B. The zero-order valence-corrected chi connectivity index (χ0v) is 35.0. The summed E-state index contributed by atoms with van der Waals surface area (Å²) in [6, 6.07) is 22.8. The lowest BCUT2D eigenvalue weighted by Gasteiger charge is -2.38. The van der Waals surface area contributed by atoms with Crippen molar-refractivity contribution >= 4 is 179 Å². The molecule has 0 aliphatic carbocycles. The second kappa shape index (κ2) is 16.8. The van der Waals surface area contributed by atoms with Crippen LogP contribution < -0.4 is 64.4 Å². The van der Waals surface area contributed by atoms with E-state index in [2.05, 4.69) is 170 Å². The Hall–Kier alpha value is -3.36. The number of benzene rings is 5. The van der Waals surface area contributed by atoms with E-state index in [1.54, 1.807) is 0 Å². The predicted octanol–water partition coefficient (Wildman–Crippen LogP) is -5.14. The van der Waals surface area contributed by atoms with E-state index in [1.165, 1.54) is 103 Å². The molecule has 0 heterocycles. The summed E-state index contributed by atoms with van der Waals surface area (Å²) in [6.45, 7) is 6.72. The van der Waals surface area contributed by atoms with Crippen molar-refractivity contribution in [3.8, 4) is 0 Å². The molecule has 0 spiro atoms. The minimum Gasteiger partial charge on any atom is -0.311 e. The first kappa shape index (κ1) is 39.8. The first-order chi connectivity index (χ1) is 24.7. The van der Waals surface area contributed by atoms with Crippen molar-refractivity contribution in [3.63, 3.8) is 0 Å². The van der Waals surface area contributed by atoms with Crippen molar-refractivity contribution in [2.75, 3.05) is 9.80 Å². The highest BCUT2D eigenvalue weighted by atomic mass is 35.5. The summed E-state index contributed by atoms with van der Waals surface area (Å²) >= 11 is 7.92. The Labute approximate surface area is 328 Å². The first-order valence-corrected chi connectivity index (χ1v) is 19.8. The van der Waals surface area contributed by atoms with E-state index < -0.39 is 0 Å². The fourth-order valence-corrected chi connectivity index (χ4v) is 8.13. The number of aryl methyl sites for hydroxylation is 3. The molecule has 0 saturated carbocycles. The Morgan fingerprint density at radius 3 is 1.10 bits per heavy atom. The van der Waals surface area contributed by atoms with Crippen molar-refractivity contribution in [3.05, 3.63) is 82.4 Å². The average Bonchev–Trinajstić information content (AvgIpc) is 3.14. The predicted molar refractivity (Wildman–Crippen MR) is 265 cm³/mol. The van der Waals surface area contributed by atoms with Crippen LogP contribution in [0, 0.1) is 6.92 Å². The van der Waals surface area contributed by atoms with Gasteiger partial charge in [0.05, 0.1) is 16.4 Å². The first-order valence-electron chi connectivity index (χ1n) is 19.4. The van der Waals surface area contributed by atoms with Crippen molar-refractivity contribution < 1.29 is 0 Å². The lowest BCUT2D eigenvalue weighted by atomic mass is 9.60. The highest BCUT2D eigenvalue weighted by molar-refractivity contribution is 6.71. The van der Waals surface area contributed by atoms with Gasteiger partial charge in [-0.15, -0.1) is 10.9 Å². The van der Waals surface area contributed by atoms with E-state index in [1.807, 2.05) is 0 Å². The van der Waals surface area contributed by atoms with Crippen LogP contribution in [0.5, 0.6) is 0 Å². The molecule has 52 heavy (non-hydrogen) atoms. The third kappa shape index (κ3) is 7.66. The van der Waals surface area contributed by atoms with E-state index in [9.17, 15) is 0 Å². The molecule has 0 atom stereocenters. The van der Waals surface area contributed by atoms with Gasteiger partial charge in [-0.05, 0) is 85.7 Å². The van der Waals surface area contributed by atoms with Crippen molar-refractivity contribution in [2.45, 2.75) is 59.3 Å². The van der Waals surface area contributed by atoms with Gasteiger partial charge in [-0.1, -0.05) is 106 Å². The zero-order valence-electron chi connectivity index (χ0n) is 34.3. The normalized spacial score (nSPS) is 11.2. The number of unbranched alkanes of at least 4 members (excludes halogenated alkanes) is 2. The molecular formula is C39H51B10ClN2. The van der Waals surface area contributed by atoms with Gasteiger partial charge in [0.2, 0.25) is 0 Å². The highest BCUT2D eigenvalue weighted by Crippen LogP contribution is 2.46. The summed E-state index contributed by atoms with van der Waals surface area (Å²) in [6.07, 6.45) is 6.95. The molecule has 0 amide bonds. The summed E-state index contributed by atoms with van der Waals surface area (Å²) < 4.78 is 0. The molecule has 0 aliphatic rings. The van der Waals surface area contributed by atoms with Crippen molar-refractivity contribution in [1.82, 2.24) is 0 Å². The number of halogens is 1. The van der Waals surface area contributed by atoms with Crippen molar-refractivity contribution in [2.24, 2.45) is 0 Å². The number of hydrogen-bond acceptors (Lipinski definition) is 2.